The quantitative estimate of drug-likeness (QED) is 0.626. The van der Waals surface area contributed by atoms with Gasteiger partial charge in [0.15, 0.2) is 0 Å². The molecule has 2 amide bonds. The van der Waals surface area contributed by atoms with Crippen molar-refractivity contribution in [2.45, 2.75) is 38.8 Å². The van der Waals surface area contributed by atoms with Gasteiger partial charge in [-0.1, -0.05) is 29.3 Å². The Hall–Kier alpha value is -2.42. The van der Waals surface area contributed by atoms with Gasteiger partial charge in [-0.05, 0) is 50.4 Å². The van der Waals surface area contributed by atoms with Crippen LogP contribution in [-0.4, -0.2) is 70.9 Å². The average molecular weight is 505 g/mol. The SMILES string of the molecule is CNC(=O)C1CCN(C2CCN(C(=O)c3ncnc(NCc4ccc(Cl)c(Cl)c4)c3C)CC2)C1. The molecule has 1 atom stereocenters. The molecule has 2 saturated heterocycles. The van der Waals surface area contributed by atoms with Gasteiger partial charge >= 0.3 is 0 Å². The lowest BCUT2D eigenvalue weighted by Gasteiger charge is -2.36. The summed E-state index contributed by atoms with van der Waals surface area (Å²) in [6, 6.07) is 5.87. The second-order valence-electron chi connectivity index (χ2n) is 8.92. The number of carbonyl (C=O) groups is 2. The van der Waals surface area contributed by atoms with Crippen molar-refractivity contribution < 1.29 is 9.59 Å². The highest BCUT2D eigenvalue weighted by Crippen LogP contribution is 2.26. The number of piperidine rings is 1. The van der Waals surface area contributed by atoms with Crippen molar-refractivity contribution in [1.82, 2.24) is 25.1 Å². The highest BCUT2D eigenvalue weighted by molar-refractivity contribution is 6.42. The Labute approximate surface area is 210 Å². The monoisotopic (exact) mass is 504 g/mol. The van der Waals surface area contributed by atoms with Crippen LogP contribution in [-0.2, 0) is 11.3 Å². The highest BCUT2D eigenvalue weighted by Gasteiger charge is 2.34. The van der Waals surface area contributed by atoms with Crippen molar-refractivity contribution in [1.29, 1.82) is 0 Å². The number of rotatable bonds is 6. The fraction of sp³-hybridized carbons (Fsp3) is 0.500. The van der Waals surface area contributed by atoms with Crippen molar-refractivity contribution in [2.75, 3.05) is 38.5 Å². The number of benzene rings is 1. The molecule has 0 saturated carbocycles. The molecule has 0 radical (unpaired) electrons. The molecule has 0 spiro atoms. The first-order chi connectivity index (χ1) is 16.4. The zero-order chi connectivity index (χ0) is 24.2. The molecule has 0 bridgehead atoms. The van der Waals surface area contributed by atoms with E-state index in [9.17, 15) is 9.59 Å². The third-order valence-electron chi connectivity index (χ3n) is 6.84. The van der Waals surface area contributed by atoms with Gasteiger partial charge in [-0.3, -0.25) is 14.5 Å². The molecule has 1 aromatic carbocycles. The van der Waals surface area contributed by atoms with Crippen molar-refractivity contribution in [3.63, 3.8) is 0 Å². The Morgan fingerprint density at radius 2 is 1.85 bits per heavy atom. The van der Waals surface area contributed by atoms with E-state index in [2.05, 4.69) is 25.5 Å². The Morgan fingerprint density at radius 1 is 1.09 bits per heavy atom. The second kappa shape index (κ2) is 10.9. The first-order valence-electron chi connectivity index (χ1n) is 11.6. The van der Waals surface area contributed by atoms with Crippen LogP contribution >= 0.6 is 23.2 Å². The summed E-state index contributed by atoms with van der Waals surface area (Å²) in [5.41, 5.74) is 2.11. The van der Waals surface area contributed by atoms with Crippen LogP contribution in [0.15, 0.2) is 24.5 Å². The van der Waals surface area contributed by atoms with Gasteiger partial charge in [0.1, 0.15) is 17.8 Å². The minimum absolute atomic E-state index is 0.0689. The van der Waals surface area contributed by atoms with E-state index >= 15 is 0 Å². The average Bonchev–Trinajstić information content (AvgIpc) is 3.35. The van der Waals surface area contributed by atoms with E-state index in [0.29, 0.717) is 47.2 Å². The van der Waals surface area contributed by atoms with Crippen LogP contribution in [0.1, 0.15) is 40.9 Å². The lowest BCUT2D eigenvalue weighted by atomic mass is 10.0. The Morgan fingerprint density at radius 3 is 2.56 bits per heavy atom. The molecule has 10 heteroatoms. The number of hydrogen-bond acceptors (Lipinski definition) is 6. The summed E-state index contributed by atoms with van der Waals surface area (Å²) in [7, 11) is 1.69. The lowest BCUT2D eigenvalue weighted by Crippen LogP contribution is -2.46. The number of anilines is 1. The molecule has 2 aliphatic rings. The maximum absolute atomic E-state index is 13.2. The summed E-state index contributed by atoms with van der Waals surface area (Å²) in [5, 5.41) is 7.04. The smallest absolute Gasteiger partial charge is 0.272 e. The maximum Gasteiger partial charge on any atom is 0.272 e. The van der Waals surface area contributed by atoms with Gasteiger partial charge in [-0.2, -0.15) is 0 Å². The van der Waals surface area contributed by atoms with Crippen LogP contribution in [0.3, 0.4) is 0 Å². The number of aromatic nitrogens is 2. The number of hydrogen-bond donors (Lipinski definition) is 2. The van der Waals surface area contributed by atoms with Crippen LogP contribution in [0.2, 0.25) is 10.0 Å². The van der Waals surface area contributed by atoms with Crippen LogP contribution < -0.4 is 10.6 Å². The molecule has 4 rings (SSSR count). The van der Waals surface area contributed by atoms with Gasteiger partial charge in [-0.25, -0.2) is 9.97 Å². The number of likely N-dealkylation sites (tertiary alicyclic amines) is 2. The normalized spacial score (nSPS) is 19.3. The molecule has 34 heavy (non-hydrogen) atoms. The topological polar surface area (TPSA) is 90.5 Å². The van der Waals surface area contributed by atoms with Gasteiger partial charge < -0.3 is 15.5 Å². The number of halogens is 2. The van der Waals surface area contributed by atoms with E-state index in [-0.39, 0.29) is 17.7 Å². The summed E-state index contributed by atoms with van der Waals surface area (Å²) < 4.78 is 0. The molecule has 1 unspecified atom stereocenters. The van der Waals surface area contributed by atoms with Crippen LogP contribution in [0.5, 0.6) is 0 Å². The molecule has 1 aromatic heterocycles. The van der Waals surface area contributed by atoms with Crippen LogP contribution in [0.25, 0.3) is 0 Å². The number of amides is 2. The Balaban J connectivity index is 1.34. The first-order valence-corrected chi connectivity index (χ1v) is 12.4. The molecule has 3 heterocycles. The number of nitrogens with zero attached hydrogens (tertiary/aromatic N) is 4. The summed E-state index contributed by atoms with van der Waals surface area (Å²) in [4.78, 5) is 38.1. The van der Waals surface area contributed by atoms with E-state index in [1.165, 1.54) is 6.33 Å². The van der Waals surface area contributed by atoms with E-state index in [1.807, 2.05) is 17.9 Å². The van der Waals surface area contributed by atoms with E-state index < -0.39 is 0 Å². The zero-order valence-corrected chi connectivity index (χ0v) is 21.0. The van der Waals surface area contributed by atoms with Gasteiger partial charge in [0.25, 0.3) is 5.91 Å². The van der Waals surface area contributed by atoms with Crippen molar-refractivity contribution in [2.24, 2.45) is 5.92 Å². The summed E-state index contributed by atoms with van der Waals surface area (Å²) >= 11 is 12.1. The highest BCUT2D eigenvalue weighted by atomic mass is 35.5. The number of carbonyl (C=O) groups excluding carboxylic acids is 2. The molecule has 2 aliphatic heterocycles. The van der Waals surface area contributed by atoms with Gasteiger partial charge in [0.2, 0.25) is 5.91 Å². The fourth-order valence-corrected chi connectivity index (χ4v) is 5.12. The minimum Gasteiger partial charge on any atom is -0.366 e. The maximum atomic E-state index is 13.2. The molecule has 182 valence electrons. The molecule has 2 N–H and O–H groups in total. The van der Waals surface area contributed by atoms with E-state index in [1.54, 1.807) is 19.2 Å². The zero-order valence-electron chi connectivity index (χ0n) is 19.5. The second-order valence-corrected chi connectivity index (χ2v) is 9.73. The third-order valence-corrected chi connectivity index (χ3v) is 7.57. The fourth-order valence-electron chi connectivity index (χ4n) is 4.80. The third kappa shape index (κ3) is 5.45. The Kier molecular flexibility index (Phi) is 7.91. The first kappa shape index (κ1) is 24.7. The molecule has 0 aliphatic carbocycles. The molecule has 2 fully saturated rings. The summed E-state index contributed by atoms with van der Waals surface area (Å²) in [6.07, 6.45) is 4.13. The van der Waals surface area contributed by atoms with Crippen LogP contribution in [0, 0.1) is 12.8 Å². The predicted octanol–water partition coefficient (Wildman–Crippen LogP) is 3.38. The summed E-state index contributed by atoms with van der Waals surface area (Å²) in [5.74, 6) is 0.748. The van der Waals surface area contributed by atoms with Crippen molar-refractivity contribution in [3.05, 3.63) is 51.4 Å². The van der Waals surface area contributed by atoms with Gasteiger partial charge in [0.05, 0.1) is 16.0 Å². The molecular formula is C24H30Cl2N6O2. The van der Waals surface area contributed by atoms with E-state index in [4.69, 9.17) is 23.2 Å². The van der Waals surface area contributed by atoms with Crippen molar-refractivity contribution >= 4 is 40.8 Å². The molecule has 2 aromatic rings. The predicted molar refractivity (Wildman–Crippen MR) is 133 cm³/mol. The minimum atomic E-state index is -0.0689. The number of nitrogens with one attached hydrogen (secondary N) is 2. The van der Waals surface area contributed by atoms with Gasteiger partial charge in [-0.15, -0.1) is 0 Å². The van der Waals surface area contributed by atoms with Crippen molar-refractivity contribution in [3.8, 4) is 0 Å². The summed E-state index contributed by atoms with van der Waals surface area (Å²) in [6.45, 7) is 5.47. The Bertz CT molecular complexity index is 1060. The van der Waals surface area contributed by atoms with E-state index in [0.717, 1.165) is 43.5 Å². The standard InChI is InChI=1S/C24H30Cl2N6O2/c1-15-21(29-14-30-22(15)28-12-16-3-4-19(25)20(26)11-16)24(34)31-9-6-18(7-10-31)32-8-5-17(13-32)23(33)27-2/h3-4,11,14,17-18H,5-10,12-13H2,1-2H3,(H,27,33)(H,28,29,30). The molecule has 8 nitrogen and oxygen atoms in total. The van der Waals surface area contributed by atoms with Crippen LogP contribution in [0.4, 0.5) is 5.82 Å². The largest absolute Gasteiger partial charge is 0.366 e. The lowest BCUT2D eigenvalue weighted by molar-refractivity contribution is -0.124. The van der Waals surface area contributed by atoms with Gasteiger partial charge in [0, 0.05) is 44.8 Å². The molecular weight excluding hydrogens is 475 g/mol.